The molecule has 4 saturated carbocycles. The predicted octanol–water partition coefficient (Wildman–Crippen LogP) is 6.18. The van der Waals surface area contributed by atoms with Gasteiger partial charge in [-0.1, -0.05) is 44.2 Å². The summed E-state index contributed by atoms with van der Waals surface area (Å²) < 4.78 is 6.35. The molecule has 2 nitrogen and oxygen atoms in total. The van der Waals surface area contributed by atoms with Crippen LogP contribution in [0.5, 0.6) is 0 Å². The first-order valence-electron chi connectivity index (χ1n) is 11.7. The van der Waals surface area contributed by atoms with Crippen LogP contribution in [-0.2, 0) is 16.1 Å². The van der Waals surface area contributed by atoms with Crippen molar-refractivity contribution in [1.29, 1.82) is 0 Å². The summed E-state index contributed by atoms with van der Waals surface area (Å²) in [6.07, 6.45) is 11.3. The highest BCUT2D eigenvalue weighted by molar-refractivity contribution is 5.87. The van der Waals surface area contributed by atoms with Gasteiger partial charge in [-0.05, 0) is 86.0 Å². The lowest BCUT2D eigenvalue weighted by Gasteiger charge is -2.60. The zero-order valence-electron chi connectivity index (χ0n) is 17.7. The number of Topliss-reactive ketones (excluding diaryl/α,β-unsaturated/α-hetero) is 1. The molecule has 0 bridgehead atoms. The van der Waals surface area contributed by atoms with E-state index in [-0.39, 0.29) is 5.41 Å². The first-order valence-corrected chi connectivity index (χ1v) is 11.7. The quantitative estimate of drug-likeness (QED) is 0.625. The van der Waals surface area contributed by atoms with Gasteiger partial charge in [-0.3, -0.25) is 4.79 Å². The molecule has 5 rings (SSSR count). The summed E-state index contributed by atoms with van der Waals surface area (Å²) in [4.78, 5) is 12.6. The van der Waals surface area contributed by atoms with E-state index in [0.29, 0.717) is 23.2 Å². The van der Waals surface area contributed by atoms with Gasteiger partial charge >= 0.3 is 0 Å². The maximum Gasteiger partial charge on any atom is 0.139 e. The Morgan fingerprint density at radius 2 is 1.79 bits per heavy atom. The maximum atomic E-state index is 12.6. The molecule has 0 heterocycles. The van der Waals surface area contributed by atoms with Crippen molar-refractivity contribution in [2.75, 3.05) is 0 Å². The molecule has 0 radical (unpaired) electrons. The summed E-state index contributed by atoms with van der Waals surface area (Å²) in [6.45, 7) is 5.65. The monoisotopic (exact) mass is 380 g/mol. The Labute approximate surface area is 170 Å². The van der Waals surface area contributed by atoms with Gasteiger partial charge in [-0.15, -0.1) is 0 Å². The van der Waals surface area contributed by atoms with Crippen molar-refractivity contribution in [3.63, 3.8) is 0 Å². The standard InChI is InChI=1S/C26H36O2/c1-25-14-12-20(28-17-18-6-4-3-5-7-18)16-19(25)8-9-21-22-10-11-24(27)26(22,2)15-13-23(21)25/h3-7,19-23H,8-17H2,1-2H3/t19-,20-,21+,22+,23-,25+,26-/m0/s1. The van der Waals surface area contributed by atoms with Gasteiger partial charge in [-0.25, -0.2) is 0 Å². The highest BCUT2D eigenvalue weighted by Gasteiger charge is 2.60. The third-order valence-corrected chi connectivity index (χ3v) is 9.66. The lowest BCUT2D eigenvalue weighted by molar-refractivity contribution is -0.145. The SMILES string of the molecule is C[C@@]12CC[C@H](OCc3ccccc3)C[C@@H]1CC[C@@H]1[C@H]3CCC(=O)[C@@]3(C)CC[C@@H]12. The number of hydrogen-bond acceptors (Lipinski definition) is 2. The summed E-state index contributed by atoms with van der Waals surface area (Å²) in [5, 5.41) is 0. The van der Waals surface area contributed by atoms with Crippen LogP contribution in [0.3, 0.4) is 0 Å². The van der Waals surface area contributed by atoms with Crippen molar-refractivity contribution in [2.45, 2.75) is 84.3 Å². The van der Waals surface area contributed by atoms with Crippen LogP contribution in [0.2, 0.25) is 0 Å². The molecule has 0 unspecified atom stereocenters. The Balaban J connectivity index is 1.27. The second-order valence-corrected chi connectivity index (χ2v) is 10.8. The topological polar surface area (TPSA) is 26.3 Å². The summed E-state index contributed by atoms with van der Waals surface area (Å²) in [6, 6.07) is 10.6. The zero-order valence-corrected chi connectivity index (χ0v) is 17.7. The van der Waals surface area contributed by atoms with E-state index in [9.17, 15) is 4.79 Å². The molecular formula is C26H36O2. The van der Waals surface area contributed by atoms with Crippen molar-refractivity contribution < 1.29 is 9.53 Å². The molecule has 4 aliphatic rings. The average molecular weight is 381 g/mol. The van der Waals surface area contributed by atoms with E-state index in [1.54, 1.807) is 0 Å². The lowest BCUT2D eigenvalue weighted by atomic mass is 9.45. The minimum Gasteiger partial charge on any atom is -0.374 e. The largest absolute Gasteiger partial charge is 0.374 e. The fraction of sp³-hybridized carbons (Fsp3) is 0.731. The third kappa shape index (κ3) is 2.90. The van der Waals surface area contributed by atoms with Crippen molar-refractivity contribution in [1.82, 2.24) is 0 Å². The Morgan fingerprint density at radius 1 is 0.964 bits per heavy atom. The minimum atomic E-state index is 0.0142. The van der Waals surface area contributed by atoms with Crippen LogP contribution in [0, 0.1) is 34.5 Å². The first kappa shape index (κ1) is 18.9. The number of fused-ring (bicyclic) bond motifs is 5. The van der Waals surface area contributed by atoms with Crippen LogP contribution >= 0.6 is 0 Å². The normalized spacial score (nSPS) is 45.2. The number of carbonyl (C=O) groups excluding carboxylic acids is 1. The molecule has 152 valence electrons. The zero-order chi connectivity index (χ0) is 19.4. The smallest absolute Gasteiger partial charge is 0.139 e. The lowest BCUT2D eigenvalue weighted by Crippen LogP contribution is -2.54. The second-order valence-electron chi connectivity index (χ2n) is 10.8. The van der Waals surface area contributed by atoms with Gasteiger partial charge < -0.3 is 4.74 Å². The van der Waals surface area contributed by atoms with E-state index in [0.717, 1.165) is 37.2 Å². The van der Waals surface area contributed by atoms with E-state index < -0.39 is 0 Å². The number of benzene rings is 1. The van der Waals surface area contributed by atoms with E-state index >= 15 is 0 Å². The van der Waals surface area contributed by atoms with Gasteiger partial charge in [0, 0.05) is 11.8 Å². The van der Waals surface area contributed by atoms with Crippen LogP contribution in [0.25, 0.3) is 0 Å². The molecule has 1 aromatic rings. The molecule has 4 aliphatic carbocycles. The number of carbonyl (C=O) groups is 1. The van der Waals surface area contributed by atoms with E-state index in [1.807, 2.05) is 0 Å². The Morgan fingerprint density at radius 3 is 2.61 bits per heavy atom. The number of rotatable bonds is 3. The van der Waals surface area contributed by atoms with Crippen LogP contribution in [-0.4, -0.2) is 11.9 Å². The molecule has 0 N–H and O–H groups in total. The van der Waals surface area contributed by atoms with Crippen molar-refractivity contribution in [3.8, 4) is 0 Å². The molecule has 0 spiro atoms. The predicted molar refractivity (Wildman–Crippen MR) is 112 cm³/mol. The van der Waals surface area contributed by atoms with Crippen molar-refractivity contribution >= 4 is 5.78 Å². The molecule has 1 aromatic carbocycles. The molecule has 0 amide bonds. The maximum absolute atomic E-state index is 12.6. The summed E-state index contributed by atoms with van der Waals surface area (Å²) >= 11 is 0. The second kappa shape index (κ2) is 6.97. The first-order chi connectivity index (χ1) is 13.5. The van der Waals surface area contributed by atoms with Gasteiger partial charge in [0.2, 0.25) is 0 Å². The summed E-state index contributed by atoms with van der Waals surface area (Å²) in [7, 11) is 0. The highest BCUT2D eigenvalue weighted by atomic mass is 16.5. The average Bonchev–Trinajstić information content (AvgIpc) is 3.02. The highest BCUT2D eigenvalue weighted by Crippen LogP contribution is 2.65. The van der Waals surface area contributed by atoms with E-state index in [2.05, 4.69) is 44.2 Å². The van der Waals surface area contributed by atoms with Gasteiger partial charge in [0.15, 0.2) is 0 Å². The van der Waals surface area contributed by atoms with Crippen molar-refractivity contribution in [3.05, 3.63) is 35.9 Å². The van der Waals surface area contributed by atoms with E-state index in [1.165, 1.54) is 50.5 Å². The van der Waals surface area contributed by atoms with Gasteiger partial charge in [0.25, 0.3) is 0 Å². The van der Waals surface area contributed by atoms with Crippen LogP contribution in [0.15, 0.2) is 30.3 Å². The van der Waals surface area contributed by atoms with Gasteiger partial charge in [-0.2, -0.15) is 0 Å². The molecule has 0 aromatic heterocycles. The summed E-state index contributed by atoms with van der Waals surface area (Å²) in [5.41, 5.74) is 1.78. The molecule has 0 aliphatic heterocycles. The fourth-order valence-corrected chi connectivity index (χ4v) is 7.93. The molecule has 28 heavy (non-hydrogen) atoms. The Kier molecular flexibility index (Phi) is 4.69. The molecular weight excluding hydrogens is 344 g/mol. The van der Waals surface area contributed by atoms with Crippen molar-refractivity contribution in [2.24, 2.45) is 34.5 Å². The number of ketones is 1. The minimum absolute atomic E-state index is 0.0142. The Hall–Kier alpha value is -1.15. The van der Waals surface area contributed by atoms with Crippen LogP contribution in [0.1, 0.15) is 77.2 Å². The Bertz CT molecular complexity index is 727. The third-order valence-electron chi connectivity index (χ3n) is 9.66. The molecule has 2 heteroatoms. The van der Waals surface area contributed by atoms with Crippen LogP contribution in [0.4, 0.5) is 0 Å². The van der Waals surface area contributed by atoms with E-state index in [4.69, 9.17) is 4.74 Å². The van der Waals surface area contributed by atoms with Crippen LogP contribution < -0.4 is 0 Å². The fourth-order valence-electron chi connectivity index (χ4n) is 7.93. The summed E-state index contributed by atoms with van der Waals surface area (Å²) in [5.74, 6) is 3.69. The number of ether oxygens (including phenoxy) is 1. The van der Waals surface area contributed by atoms with Gasteiger partial charge in [0.05, 0.1) is 12.7 Å². The molecule has 4 fully saturated rings. The molecule has 0 saturated heterocycles. The molecule has 7 atom stereocenters. The van der Waals surface area contributed by atoms with Gasteiger partial charge in [0.1, 0.15) is 5.78 Å². The number of hydrogen-bond donors (Lipinski definition) is 0.